The molecule has 0 saturated carbocycles. The molecule has 3 aromatic rings. The van der Waals surface area contributed by atoms with E-state index in [1.165, 1.54) is 75.5 Å². The van der Waals surface area contributed by atoms with Crippen molar-refractivity contribution in [3.63, 3.8) is 0 Å². The van der Waals surface area contributed by atoms with Gasteiger partial charge in [0.15, 0.2) is 0 Å². The number of fused-ring (bicyclic) bond motifs is 15. The number of carboxylic acids is 1. The summed E-state index contributed by atoms with van der Waals surface area (Å²) in [6.45, 7) is 38.9. The average molecular weight is 1990 g/mol. The summed E-state index contributed by atoms with van der Waals surface area (Å²) >= 11 is 3.95. The summed E-state index contributed by atoms with van der Waals surface area (Å²) in [5.41, 5.74) is 52.2. The summed E-state index contributed by atoms with van der Waals surface area (Å²) in [6.07, 6.45) is 34.6. The summed E-state index contributed by atoms with van der Waals surface area (Å²) in [7, 11) is 8.19. The molecule has 8 N–H and O–H groups in total. The number of methoxy groups -OCH3 is 2. The fourth-order valence-corrected chi connectivity index (χ4v) is 25.0. The van der Waals surface area contributed by atoms with E-state index in [1.807, 2.05) is 36.7 Å². The Hall–Kier alpha value is -13.5. The Balaban J connectivity index is 0.000000149. The van der Waals surface area contributed by atoms with Gasteiger partial charge in [-0.15, -0.1) is 0 Å². The number of halogens is 1. The van der Waals surface area contributed by atoms with Gasteiger partial charge in [0, 0.05) is 156 Å². The van der Waals surface area contributed by atoms with Crippen LogP contribution < -0.4 is 5.46 Å². The number of hydrogen-bond acceptors (Lipinski definition) is 20. The molecule has 23 nitrogen and oxygen atoms in total. The minimum atomic E-state index is -0.817. The summed E-state index contributed by atoms with van der Waals surface area (Å²) in [5.74, 6) is -0.225. The second-order valence-electron chi connectivity index (χ2n) is 39.5. The minimum absolute atomic E-state index is 0. The highest BCUT2D eigenvalue weighted by Gasteiger charge is 2.48. The molecule has 0 amide bonds. The Bertz CT molecular complexity index is 7330. The van der Waals surface area contributed by atoms with E-state index in [2.05, 4.69) is 192 Å². The Morgan fingerprint density at radius 3 is 0.931 bits per heavy atom. The van der Waals surface area contributed by atoms with E-state index in [9.17, 15) is 34.8 Å². The van der Waals surface area contributed by atoms with Crippen molar-refractivity contribution in [2.75, 3.05) is 14.2 Å². The molecule has 144 heavy (non-hydrogen) atoms. The first-order chi connectivity index (χ1) is 68.3. The van der Waals surface area contributed by atoms with Crippen molar-refractivity contribution in [1.82, 2.24) is 15.0 Å². The molecule has 15 heterocycles. The third-order valence-electron chi connectivity index (χ3n) is 32.0. The third kappa shape index (κ3) is 18.3. The lowest BCUT2D eigenvalue weighted by molar-refractivity contribution is -0.141. The Labute approximate surface area is 853 Å². The number of carboxylic acid groups (broad SMARTS) is 1. The van der Waals surface area contributed by atoms with Gasteiger partial charge in [-0.1, -0.05) is 79.9 Å². The van der Waals surface area contributed by atoms with Crippen molar-refractivity contribution in [2.24, 2.45) is 80.4 Å². The van der Waals surface area contributed by atoms with Crippen LogP contribution in [0.2, 0.25) is 0 Å². The molecule has 0 unspecified atom stereocenters. The molecule has 0 aromatic carbocycles. The molecule has 740 valence electrons. The fourth-order valence-electron chi connectivity index (χ4n) is 24.2. The number of ether oxygens (including phenoxy) is 2. The topological polar surface area (TPSA) is 363 Å². The van der Waals surface area contributed by atoms with Gasteiger partial charge in [-0.25, -0.2) is 30.0 Å². The largest absolute Gasteiger partial charge is 0.511 e. The Kier molecular flexibility index (Phi) is 30.2. The highest BCUT2D eigenvalue weighted by molar-refractivity contribution is 9.12. The number of allylic oxidation sites excluding steroid dienone is 39. The van der Waals surface area contributed by atoms with Gasteiger partial charge < -0.3 is 40.9 Å². The monoisotopic (exact) mass is 1990 g/mol. The van der Waals surface area contributed by atoms with Gasteiger partial charge in [0.05, 0.1) is 104 Å². The van der Waals surface area contributed by atoms with Crippen LogP contribution in [0, 0.1) is 35.5 Å². The van der Waals surface area contributed by atoms with E-state index in [0.717, 1.165) is 269 Å². The van der Waals surface area contributed by atoms with E-state index < -0.39 is 5.97 Å². The number of aliphatic carboxylic acids is 1. The second kappa shape index (κ2) is 42.1. The highest BCUT2D eigenvalue weighted by Crippen LogP contribution is 2.57. The van der Waals surface area contributed by atoms with Crippen molar-refractivity contribution >= 4 is 110 Å². The van der Waals surface area contributed by atoms with Crippen LogP contribution in [-0.2, 0) is 23.9 Å². The zero-order chi connectivity index (χ0) is 101. The van der Waals surface area contributed by atoms with Crippen LogP contribution in [0.25, 0.3) is 11.1 Å². The number of hydrogen-bond donors (Lipinski definition) is 4. The summed E-state index contributed by atoms with van der Waals surface area (Å²) in [6, 6.07) is 11.6. The lowest BCUT2D eigenvalue weighted by Gasteiger charge is -2.21. The maximum atomic E-state index is 12.5. The van der Waals surface area contributed by atoms with E-state index in [0.29, 0.717) is 81.5 Å². The first kappa shape index (κ1) is 103. The number of esters is 2. The first-order valence-electron chi connectivity index (χ1n) is 50.3. The zero-order valence-corrected chi connectivity index (χ0v) is 87.8. The maximum Gasteiger partial charge on any atom is 0.305 e. The normalized spacial score (nSPS) is 23.2. The van der Waals surface area contributed by atoms with Crippen molar-refractivity contribution in [3.05, 3.63) is 345 Å². The van der Waals surface area contributed by atoms with E-state index in [4.69, 9.17) is 62.3 Å². The van der Waals surface area contributed by atoms with Crippen LogP contribution in [0.1, 0.15) is 251 Å². The minimum Gasteiger partial charge on any atom is -0.511 e. The quantitative estimate of drug-likeness (QED) is 0.0724. The van der Waals surface area contributed by atoms with Crippen LogP contribution in [0.5, 0.6) is 0 Å². The Morgan fingerprint density at radius 1 is 0.354 bits per heavy atom. The van der Waals surface area contributed by atoms with Crippen molar-refractivity contribution < 1.29 is 55.2 Å². The molecule has 18 aliphatic rings. The summed E-state index contributed by atoms with van der Waals surface area (Å²) in [4.78, 5) is 96.7. The number of nitrogens with zero attached hydrogens (tertiary/aromatic N) is 12. The number of rotatable bonds is 17. The van der Waals surface area contributed by atoms with Gasteiger partial charge in [0.1, 0.15) is 25.1 Å². The van der Waals surface area contributed by atoms with Gasteiger partial charge in [0.2, 0.25) is 0 Å². The number of aromatic nitrogens is 3. The van der Waals surface area contributed by atoms with E-state index >= 15 is 0 Å². The molecule has 6 atom stereocenters. The van der Waals surface area contributed by atoms with Gasteiger partial charge in [-0.2, -0.15) is 0 Å². The molecule has 0 spiro atoms. The number of aliphatic imine (C=N–C) groups is 9. The third-order valence-corrected chi connectivity index (χ3v) is 32.7. The molecule has 24 bridgehead atoms. The SMILES string of the molecule is CCC1=C(C)C2=NC1=CC1=C(C)C3=C(O)CC(=C3C1)C1=NC(=C(Br)C3=NC(=C2)C(CC)=C3C)[C@@H](C)[C@@H]1CCC(=O)OC.CCC1=C(C)C2=NC1=CC1=C(C)C3=C(O)CC(=C3C1)C1=NC(=C(c3ccncc3)C3=NC(=C2)C(CC)=C3C)[C@@H](C)[C@@H]1CCC(=O)O.CCC1=C(C)C2=NC1=CC1=C(C)C3=C(O)CC(=C3C1)C1=NC(=C(c3ccncc3)C3=NC(=C2)C(CC)=C3C)[C@@H](C)[C@@H]1CCC(=O)OC.O.O.[B]c1ccncc1. The van der Waals surface area contributed by atoms with Gasteiger partial charge in [-0.05, 0) is 361 Å². The maximum absolute atomic E-state index is 12.5. The van der Waals surface area contributed by atoms with Gasteiger partial charge in [-0.3, -0.25) is 44.3 Å². The number of pyridine rings is 3. The molecular formula is C119H128BBrN12O11. The predicted octanol–water partition coefficient (Wildman–Crippen LogP) is 24.4. The van der Waals surface area contributed by atoms with Gasteiger partial charge >= 0.3 is 17.9 Å². The molecule has 0 saturated heterocycles. The molecule has 6 aliphatic carbocycles. The number of carbonyl (C=O) groups is 3. The zero-order valence-electron chi connectivity index (χ0n) is 86.2. The van der Waals surface area contributed by atoms with Crippen LogP contribution >= 0.6 is 15.9 Å². The lowest BCUT2D eigenvalue weighted by Crippen LogP contribution is -2.21. The lowest BCUT2D eigenvalue weighted by atomic mass is 9.80. The predicted molar refractivity (Wildman–Crippen MR) is 582 cm³/mol. The van der Waals surface area contributed by atoms with Crippen LogP contribution in [0.3, 0.4) is 0 Å². The highest BCUT2D eigenvalue weighted by atomic mass is 79.9. The average Bonchev–Trinajstić information content (AvgIpc) is 1.58. The number of aliphatic hydroxyl groups excluding tert-OH is 3. The van der Waals surface area contributed by atoms with Crippen molar-refractivity contribution in [3.8, 4) is 0 Å². The molecule has 25 heteroatoms. The molecular weight excluding hydrogens is 1860 g/mol. The fraction of sp³-hybridized carbons (Fsp3) is 0.370. The van der Waals surface area contributed by atoms with Crippen molar-refractivity contribution in [2.45, 2.75) is 240 Å². The molecule has 3 aromatic heterocycles. The molecule has 21 rings (SSSR count). The molecule has 12 aliphatic heterocycles. The summed E-state index contributed by atoms with van der Waals surface area (Å²) in [5, 5.41) is 43.9. The standard InChI is InChI=1S/C40H42N4O3.C39H40N4O3.C35H38BrN3O3.C5H4BN.2H2O/c1-8-26-21(4)31-19-33-27(9-2)22(5)38(43-33)37(24-12-14-41-15-13-24)39-23(6)28(10-11-35(46)47-7)40(44-39)30-18-34(45)36-20(3)25(16-29(30)36)17-32(26)42-31;1-7-25-20(4)30-18-32-26(8-2)21(5)37(42-32)36(23-11-13-40-14-12-23)38-22(6)27(9-10-34(45)46)39(43-38)29-17-33(44)35-19(3)24(15-28(29)35)16-31(25)41-30;1-8-21-17(4)26-15-28-22(9-2)18(5)33(38-28)32(36)34-19(6)23(10-11-30(41)42-7)35(39-34)25-14-29(40)31-16(3)20(12-24(25)31)13-27(21)37-26;6-5-1-3-7-4-2-5;;/h12-15,17,19,23,28,45H,8-11,16,18H2,1-7H3;11-14,16,18,22,27,44H,7-10,15,17H2,1-6H3,(H,45,46);13,15,19,23,40H,8-12,14H2,1-7H3;1-4H;2*1H2/t23-,28-;22-,27-;19-,23-;;;/m000.../s1. The van der Waals surface area contributed by atoms with E-state index in [-0.39, 0.29) is 64.8 Å². The van der Waals surface area contributed by atoms with Crippen LogP contribution in [-0.4, -0.2) is 138 Å². The van der Waals surface area contributed by atoms with E-state index in [1.54, 1.807) is 36.9 Å². The van der Waals surface area contributed by atoms with Crippen LogP contribution in [0.4, 0.5) is 0 Å². The number of carbonyl (C=O) groups excluding carboxylic acids is 2. The van der Waals surface area contributed by atoms with Gasteiger partial charge in [0.25, 0.3) is 0 Å². The molecule has 2 radical (unpaired) electrons. The number of aliphatic hydroxyl groups is 3. The first-order valence-corrected chi connectivity index (χ1v) is 51.1. The molecule has 0 fully saturated rings. The van der Waals surface area contributed by atoms with Crippen molar-refractivity contribution in [1.29, 1.82) is 0 Å². The smallest absolute Gasteiger partial charge is 0.305 e. The second-order valence-corrected chi connectivity index (χ2v) is 40.2. The van der Waals surface area contributed by atoms with Crippen LogP contribution in [0.15, 0.2) is 378 Å². The Morgan fingerprint density at radius 2 is 0.632 bits per heavy atom. The summed E-state index contributed by atoms with van der Waals surface area (Å²) < 4.78 is 11.0.